The van der Waals surface area contributed by atoms with E-state index in [1.807, 2.05) is 0 Å². The molecule has 0 aliphatic carbocycles. The number of fused-ring (bicyclic) bond motifs is 1. The van der Waals surface area contributed by atoms with E-state index in [-0.39, 0.29) is 24.7 Å². The zero-order valence-corrected chi connectivity index (χ0v) is 11.7. The van der Waals surface area contributed by atoms with Gasteiger partial charge in [-0.25, -0.2) is 0 Å². The lowest BCUT2D eigenvalue weighted by atomic mass is 10.2. The molecule has 1 aromatic heterocycles. The van der Waals surface area contributed by atoms with Crippen LogP contribution in [-0.4, -0.2) is 22.2 Å². The number of hydrogen-bond acceptors (Lipinski definition) is 5. The molecule has 100 valence electrons. The van der Waals surface area contributed by atoms with Crippen LogP contribution in [0.2, 0.25) is 0 Å². The summed E-state index contributed by atoms with van der Waals surface area (Å²) < 4.78 is 6.88. The Bertz CT molecular complexity index is 651. The van der Waals surface area contributed by atoms with Crippen LogP contribution >= 0.6 is 15.9 Å². The summed E-state index contributed by atoms with van der Waals surface area (Å²) in [4.78, 5) is 22.3. The van der Waals surface area contributed by atoms with Crippen LogP contribution in [0.1, 0.15) is 6.92 Å². The third kappa shape index (κ3) is 2.46. The minimum Gasteiger partial charge on any atom is -0.493 e. The van der Waals surface area contributed by atoms with Gasteiger partial charge in [0.05, 0.1) is 12.1 Å². The maximum Gasteiger partial charge on any atom is 0.326 e. The predicted octanol–water partition coefficient (Wildman–Crippen LogP) is 3.07. The van der Waals surface area contributed by atoms with Gasteiger partial charge in [-0.1, -0.05) is 15.9 Å². The Hall–Kier alpha value is -1.89. The zero-order valence-electron chi connectivity index (χ0n) is 10.1. The molecule has 6 nitrogen and oxygen atoms in total. The minimum absolute atomic E-state index is 0.0828. The van der Waals surface area contributed by atoms with Crippen molar-refractivity contribution in [1.29, 1.82) is 0 Å². The maximum atomic E-state index is 11.5. The van der Waals surface area contributed by atoms with Gasteiger partial charge in [-0.05, 0) is 30.3 Å². The number of carbonyl (C=O) groups is 1. The number of nitrogens with zero attached hydrogens (tertiary/aromatic N) is 2. The molecular weight excluding hydrogens is 316 g/mol. The molecule has 0 atom stereocenters. The number of benzene rings is 1. The first-order valence-corrected chi connectivity index (χ1v) is 6.37. The van der Waals surface area contributed by atoms with E-state index in [1.54, 1.807) is 25.1 Å². The largest absolute Gasteiger partial charge is 0.493 e. The number of aromatic hydroxyl groups is 1. The van der Waals surface area contributed by atoms with Gasteiger partial charge in [0, 0.05) is 9.86 Å². The number of nitroso groups, excluding NO2 is 1. The van der Waals surface area contributed by atoms with Crippen molar-refractivity contribution in [2.45, 2.75) is 13.5 Å². The van der Waals surface area contributed by atoms with E-state index in [1.165, 1.54) is 4.57 Å². The molecule has 0 radical (unpaired) electrons. The summed E-state index contributed by atoms with van der Waals surface area (Å²) in [7, 11) is 0. The van der Waals surface area contributed by atoms with Gasteiger partial charge in [0.1, 0.15) is 6.54 Å². The highest BCUT2D eigenvalue weighted by Gasteiger charge is 2.19. The van der Waals surface area contributed by atoms with Crippen molar-refractivity contribution in [2.75, 3.05) is 6.61 Å². The first-order chi connectivity index (χ1) is 9.08. The maximum absolute atomic E-state index is 11.5. The molecule has 0 saturated carbocycles. The van der Waals surface area contributed by atoms with Crippen molar-refractivity contribution in [3.05, 3.63) is 27.6 Å². The zero-order chi connectivity index (χ0) is 14.0. The molecule has 19 heavy (non-hydrogen) atoms. The molecule has 0 unspecified atom stereocenters. The van der Waals surface area contributed by atoms with Crippen LogP contribution in [0.5, 0.6) is 5.88 Å². The average Bonchev–Trinajstić information content (AvgIpc) is 2.62. The highest BCUT2D eigenvalue weighted by Crippen LogP contribution is 2.39. The molecule has 1 heterocycles. The first-order valence-electron chi connectivity index (χ1n) is 5.58. The Morgan fingerprint density at radius 1 is 1.53 bits per heavy atom. The number of halogens is 1. The van der Waals surface area contributed by atoms with E-state index < -0.39 is 5.97 Å². The first kappa shape index (κ1) is 13.5. The number of aromatic nitrogens is 1. The normalized spacial score (nSPS) is 10.6. The standard InChI is InChI=1S/C12H11BrN2O4/c1-2-19-10(16)6-15-9-4-3-7(13)5-8(9)11(14-18)12(15)17/h3-5,17H,2,6H2,1H3. The van der Waals surface area contributed by atoms with Crippen LogP contribution in [0, 0.1) is 4.91 Å². The molecule has 1 N–H and O–H groups in total. The van der Waals surface area contributed by atoms with Crippen LogP contribution in [0.25, 0.3) is 10.9 Å². The third-order valence-electron chi connectivity index (χ3n) is 2.66. The molecule has 0 saturated heterocycles. The van der Waals surface area contributed by atoms with E-state index in [0.29, 0.717) is 10.9 Å². The summed E-state index contributed by atoms with van der Waals surface area (Å²) in [6.45, 7) is 1.78. The van der Waals surface area contributed by atoms with Crippen LogP contribution in [0.15, 0.2) is 27.8 Å². The summed E-state index contributed by atoms with van der Waals surface area (Å²) >= 11 is 3.28. The molecule has 0 aliphatic heterocycles. The monoisotopic (exact) mass is 326 g/mol. The number of hydrogen-bond donors (Lipinski definition) is 1. The third-order valence-corrected chi connectivity index (χ3v) is 3.15. The van der Waals surface area contributed by atoms with E-state index >= 15 is 0 Å². The van der Waals surface area contributed by atoms with Crippen molar-refractivity contribution in [2.24, 2.45) is 5.18 Å². The average molecular weight is 327 g/mol. The molecule has 0 bridgehead atoms. The fraction of sp³-hybridized carbons (Fsp3) is 0.250. The molecule has 1 aromatic carbocycles. The lowest BCUT2D eigenvalue weighted by Crippen LogP contribution is -2.12. The Morgan fingerprint density at radius 3 is 2.89 bits per heavy atom. The van der Waals surface area contributed by atoms with Gasteiger partial charge < -0.3 is 9.84 Å². The van der Waals surface area contributed by atoms with E-state index in [0.717, 1.165) is 4.47 Å². The van der Waals surface area contributed by atoms with Crippen LogP contribution in [0.4, 0.5) is 5.69 Å². The van der Waals surface area contributed by atoms with Gasteiger partial charge in [-0.3, -0.25) is 9.36 Å². The van der Waals surface area contributed by atoms with Crippen LogP contribution in [-0.2, 0) is 16.1 Å². The smallest absolute Gasteiger partial charge is 0.326 e. The lowest BCUT2D eigenvalue weighted by Gasteiger charge is -2.06. The van der Waals surface area contributed by atoms with E-state index in [2.05, 4.69) is 21.1 Å². The molecule has 2 aromatic rings. The molecular formula is C12H11BrN2O4. The van der Waals surface area contributed by atoms with Crippen molar-refractivity contribution >= 4 is 38.5 Å². The quantitative estimate of drug-likeness (QED) is 0.691. The van der Waals surface area contributed by atoms with Gasteiger partial charge in [-0.15, -0.1) is 4.91 Å². The molecule has 7 heteroatoms. The Labute approximate surface area is 117 Å². The summed E-state index contributed by atoms with van der Waals surface area (Å²) in [5.41, 5.74) is 0.462. The molecule has 2 rings (SSSR count). The van der Waals surface area contributed by atoms with Crippen LogP contribution < -0.4 is 0 Å². The fourth-order valence-electron chi connectivity index (χ4n) is 1.88. The molecule has 0 fully saturated rings. The highest BCUT2D eigenvalue weighted by molar-refractivity contribution is 9.10. The van der Waals surface area contributed by atoms with E-state index in [4.69, 9.17) is 4.74 Å². The number of esters is 1. The highest BCUT2D eigenvalue weighted by atomic mass is 79.9. The lowest BCUT2D eigenvalue weighted by molar-refractivity contribution is -0.143. The van der Waals surface area contributed by atoms with Crippen molar-refractivity contribution < 1.29 is 14.6 Å². The summed E-state index contributed by atoms with van der Waals surface area (Å²) in [6.07, 6.45) is 0. The van der Waals surface area contributed by atoms with Gasteiger partial charge in [0.2, 0.25) is 5.88 Å². The van der Waals surface area contributed by atoms with Crippen LogP contribution in [0.3, 0.4) is 0 Å². The van der Waals surface area contributed by atoms with Crippen molar-refractivity contribution in [3.8, 4) is 5.88 Å². The number of carbonyl (C=O) groups excluding carboxylic acids is 1. The minimum atomic E-state index is -0.491. The van der Waals surface area contributed by atoms with Gasteiger partial charge in [0.15, 0.2) is 5.69 Å². The summed E-state index contributed by atoms with van der Waals surface area (Å²) in [6, 6.07) is 5.10. The Kier molecular flexibility index (Phi) is 3.84. The molecule has 0 spiro atoms. The number of rotatable bonds is 4. The second-order valence-corrected chi connectivity index (χ2v) is 4.73. The number of ether oxygens (including phenoxy) is 1. The fourth-order valence-corrected chi connectivity index (χ4v) is 2.24. The van der Waals surface area contributed by atoms with Gasteiger partial charge in [-0.2, -0.15) is 0 Å². The Balaban J connectivity index is 2.57. The molecule has 0 aliphatic rings. The topological polar surface area (TPSA) is 80.9 Å². The van der Waals surface area contributed by atoms with Crippen molar-refractivity contribution in [1.82, 2.24) is 4.57 Å². The summed E-state index contributed by atoms with van der Waals surface area (Å²) in [5, 5.41) is 13.3. The second-order valence-electron chi connectivity index (χ2n) is 3.82. The Morgan fingerprint density at radius 2 is 2.26 bits per heavy atom. The van der Waals surface area contributed by atoms with Crippen molar-refractivity contribution in [3.63, 3.8) is 0 Å². The second kappa shape index (κ2) is 5.40. The van der Waals surface area contributed by atoms with Gasteiger partial charge >= 0.3 is 5.97 Å². The molecule has 0 amide bonds. The predicted molar refractivity (Wildman–Crippen MR) is 73.4 cm³/mol. The van der Waals surface area contributed by atoms with Gasteiger partial charge in [0.25, 0.3) is 0 Å². The summed E-state index contributed by atoms with van der Waals surface area (Å²) in [5.74, 6) is -0.828. The SMILES string of the molecule is CCOC(=O)Cn1c(O)c(N=O)c2cc(Br)ccc21. The van der Waals surface area contributed by atoms with E-state index in [9.17, 15) is 14.8 Å².